The number of allylic oxidation sites excluding steroid dienone is 14. The van der Waals surface area contributed by atoms with E-state index in [1.807, 2.05) is 0 Å². The van der Waals surface area contributed by atoms with E-state index in [0.29, 0.717) is 11.8 Å². The Morgan fingerprint density at radius 2 is 1.39 bits per heavy atom. The van der Waals surface area contributed by atoms with Gasteiger partial charge < -0.3 is 4.57 Å². The van der Waals surface area contributed by atoms with Gasteiger partial charge in [-0.15, -0.1) is 0 Å². The lowest BCUT2D eigenvalue weighted by atomic mass is 9.65. The van der Waals surface area contributed by atoms with Crippen LogP contribution in [0.1, 0.15) is 78.8 Å². The van der Waals surface area contributed by atoms with Crippen molar-refractivity contribution >= 4 is 27.6 Å². The van der Waals surface area contributed by atoms with E-state index in [9.17, 15) is 0 Å². The number of rotatable bonds is 5. The molecule has 2 unspecified atom stereocenters. The normalized spacial score (nSPS) is 20.7. The van der Waals surface area contributed by atoms with Gasteiger partial charge in [-0.1, -0.05) is 127 Å². The van der Waals surface area contributed by atoms with Gasteiger partial charge in [0, 0.05) is 22.7 Å². The van der Waals surface area contributed by atoms with Gasteiger partial charge in [-0.25, -0.2) is 0 Å². The lowest BCUT2D eigenvalue weighted by Gasteiger charge is -2.39. The Morgan fingerprint density at radius 3 is 2.22 bits per heavy atom. The summed E-state index contributed by atoms with van der Waals surface area (Å²) in [6.07, 6.45) is 30.2. The highest BCUT2D eigenvalue weighted by molar-refractivity contribution is 5.92. The summed E-state index contributed by atoms with van der Waals surface area (Å²) in [7, 11) is 0. The van der Waals surface area contributed by atoms with E-state index in [4.69, 9.17) is 0 Å². The number of fused-ring (bicyclic) bond motifs is 6. The molecule has 0 saturated carbocycles. The first kappa shape index (κ1) is 30.4. The Bertz CT molecular complexity index is 2410. The van der Waals surface area contributed by atoms with Crippen molar-refractivity contribution in [3.05, 3.63) is 191 Å². The molecular weight excluding hydrogens is 615 g/mol. The summed E-state index contributed by atoms with van der Waals surface area (Å²) in [6.45, 7) is 0. The number of hydrogen-bond acceptors (Lipinski definition) is 0. The summed E-state index contributed by atoms with van der Waals surface area (Å²) in [5, 5.41) is 1.43. The molecule has 1 aromatic heterocycles. The van der Waals surface area contributed by atoms with Crippen molar-refractivity contribution in [1.82, 2.24) is 4.57 Å². The second-order valence-electron chi connectivity index (χ2n) is 14.9. The molecule has 1 nitrogen and oxygen atoms in total. The zero-order chi connectivity index (χ0) is 33.7. The van der Waals surface area contributed by atoms with Gasteiger partial charge in [0.15, 0.2) is 0 Å². The topological polar surface area (TPSA) is 4.93 Å². The number of nitrogens with zero attached hydrogens (tertiary/aromatic N) is 1. The van der Waals surface area contributed by atoms with Crippen LogP contribution in [0.5, 0.6) is 0 Å². The zero-order valence-electron chi connectivity index (χ0n) is 29.2. The van der Waals surface area contributed by atoms with Gasteiger partial charge in [-0.2, -0.15) is 0 Å². The molecule has 0 radical (unpaired) electrons. The van der Waals surface area contributed by atoms with E-state index in [1.54, 1.807) is 11.1 Å². The smallest absolute Gasteiger partial charge is 0.0534 e. The van der Waals surface area contributed by atoms with E-state index < -0.39 is 0 Å². The molecule has 2 atom stereocenters. The minimum atomic E-state index is 0.416. The van der Waals surface area contributed by atoms with Crippen molar-refractivity contribution < 1.29 is 0 Å². The van der Waals surface area contributed by atoms with Crippen LogP contribution in [-0.2, 0) is 6.42 Å². The van der Waals surface area contributed by atoms with Crippen molar-refractivity contribution in [3.8, 4) is 16.8 Å². The van der Waals surface area contributed by atoms with Crippen LogP contribution in [0.2, 0.25) is 0 Å². The fraction of sp³-hybridized carbons (Fsp3) is 0.200. The average molecular weight is 658 g/mol. The highest BCUT2D eigenvalue weighted by Gasteiger charge is 2.40. The Morgan fingerprint density at radius 1 is 0.608 bits per heavy atom. The summed E-state index contributed by atoms with van der Waals surface area (Å²) < 4.78 is 2.59. The van der Waals surface area contributed by atoms with Crippen LogP contribution >= 0.6 is 0 Å². The van der Waals surface area contributed by atoms with E-state index >= 15 is 0 Å². The Balaban J connectivity index is 1.05. The number of para-hydroxylation sites is 1. The highest BCUT2D eigenvalue weighted by atomic mass is 15.0. The molecule has 248 valence electrons. The molecule has 0 aliphatic heterocycles. The summed E-state index contributed by atoms with van der Waals surface area (Å²) in [4.78, 5) is 0. The van der Waals surface area contributed by atoms with Gasteiger partial charge in [-0.3, -0.25) is 0 Å². The molecule has 51 heavy (non-hydrogen) atoms. The summed E-state index contributed by atoms with van der Waals surface area (Å²) >= 11 is 0. The molecule has 1 heteroatoms. The van der Waals surface area contributed by atoms with Gasteiger partial charge in [0.25, 0.3) is 0 Å². The number of aromatic nitrogens is 1. The minimum absolute atomic E-state index is 0.416. The second-order valence-corrected chi connectivity index (χ2v) is 14.9. The van der Waals surface area contributed by atoms with Crippen molar-refractivity contribution in [3.63, 3.8) is 0 Å². The standard InChI is InChI=1S/C50H43N/c1-3-13-34(14-4-1)36-25-28-42(29-26-36)51-47-24-10-9-23-45(47)50-48(51)30-27-41-33-46(43-21-7-8-22-44(43)49(41)50)40-20-12-19-39(32-40)38-18-11-17-37(31-38)35-15-5-2-6-16-35/h1,3,5,7,9-13,15-21,23-26,28-29,31-33,41,49H,2,4,6,8,14,22,27,30H2. The molecular formula is C50H43N. The molecule has 0 N–H and O–H groups in total. The van der Waals surface area contributed by atoms with Gasteiger partial charge in [0.05, 0.1) is 5.52 Å². The first-order valence-corrected chi connectivity index (χ1v) is 19.1. The average Bonchev–Trinajstić information content (AvgIpc) is 3.56. The summed E-state index contributed by atoms with van der Waals surface area (Å²) in [6, 6.07) is 37.0. The second kappa shape index (κ2) is 12.7. The predicted molar refractivity (Wildman–Crippen MR) is 216 cm³/mol. The van der Waals surface area contributed by atoms with Gasteiger partial charge >= 0.3 is 0 Å². The third-order valence-electron chi connectivity index (χ3n) is 11.9. The zero-order valence-corrected chi connectivity index (χ0v) is 29.2. The van der Waals surface area contributed by atoms with E-state index in [2.05, 4.69) is 156 Å². The van der Waals surface area contributed by atoms with Gasteiger partial charge in [0.1, 0.15) is 0 Å². The molecule has 0 fully saturated rings. The Hall–Kier alpha value is -5.40. The van der Waals surface area contributed by atoms with Gasteiger partial charge in [0.2, 0.25) is 0 Å². The SMILES string of the molecule is C1=CCCC(c2ccc(-n3c4c(c5ccccc53)C3C5=C(C=CCC5)C(c5cccc(-c6cccc(C7=CCCC=C7)c6)c5)=CC3CC4)cc2)=C1. The Labute approximate surface area is 302 Å². The maximum atomic E-state index is 2.66. The monoisotopic (exact) mass is 657 g/mol. The van der Waals surface area contributed by atoms with Crippen molar-refractivity contribution in [1.29, 1.82) is 0 Å². The third kappa shape index (κ3) is 5.30. The van der Waals surface area contributed by atoms with Crippen LogP contribution in [0.25, 0.3) is 44.4 Å². The first-order chi connectivity index (χ1) is 25.3. The third-order valence-corrected chi connectivity index (χ3v) is 11.9. The fourth-order valence-corrected chi connectivity index (χ4v) is 9.57. The maximum Gasteiger partial charge on any atom is 0.0534 e. The van der Waals surface area contributed by atoms with E-state index in [-0.39, 0.29) is 0 Å². The van der Waals surface area contributed by atoms with E-state index in [0.717, 1.165) is 44.9 Å². The fourth-order valence-electron chi connectivity index (χ4n) is 9.57. The van der Waals surface area contributed by atoms with Crippen molar-refractivity contribution in [2.45, 2.75) is 57.3 Å². The molecule has 5 aromatic rings. The quantitative estimate of drug-likeness (QED) is 0.177. The molecule has 1 heterocycles. The molecule has 4 aromatic carbocycles. The molecule has 0 amide bonds. The highest BCUT2D eigenvalue weighted by Crippen LogP contribution is 2.54. The lowest BCUT2D eigenvalue weighted by Crippen LogP contribution is -2.26. The van der Waals surface area contributed by atoms with Crippen LogP contribution in [0, 0.1) is 5.92 Å². The lowest BCUT2D eigenvalue weighted by molar-refractivity contribution is 0.467. The van der Waals surface area contributed by atoms with Gasteiger partial charge in [-0.05, 0) is 143 Å². The van der Waals surface area contributed by atoms with E-state index in [1.165, 1.54) is 78.8 Å². The predicted octanol–water partition coefficient (Wildman–Crippen LogP) is 13.2. The largest absolute Gasteiger partial charge is 0.313 e. The molecule has 0 spiro atoms. The van der Waals surface area contributed by atoms with Crippen LogP contribution in [0.3, 0.4) is 0 Å². The Kier molecular flexibility index (Phi) is 7.60. The minimum Gasteiger partial charge on any atom is -0.313 e. The molecule has 5 aliphatic carbocycles. The first-order valence-electron chi connectivity index (χ1n) is 19.1. The van der Waals surface area contributed by atoms with Crippen LogP contribution < -0.4 is 0 Å². The van der Waals surface area contributed by atoms with Crippen molar-refractivity contribution in [2.24, 2.45) is 5.92 Å². The summed E-state index contributed by atoms with van der Waals surface area (Å²) in [5.41, 5.74) is 19.6. The number of hydrogen-bond donors (Lipinski definition) is 0. The van der Waals surface area contributed by atoms with Crippen molar-refractivity contribution in [2.75, 3.05) is 0 Å². The van der Waals surface area contributed by atoms with Crippen LogP contribution in [-0.4, -0.2) is 4.57 Å². The molecule has 0 saturated heterocycles. The number of benzene rings is 4. The molecule has 0 bridgehead atoms. The molecule has 10 rings (SSSR count). The van der Waals surface area contributed by atoms with Crippen LogP contribution in [0.15, 0.2) is 163 Å². The molecule has 5 aliphatic rings. The summed E-state index contributed by atoms with van der Waals surface area (Å²) in [5.74, 6) is 0.904. The van der Waals surface area contributed by atoms with Crippen LogP contribution in [0.4, 0.5) is 0 Å². The maximum absolute atomic E-state index is 2.66.